The number of carboxylic acids is 1. The van der Waals surface area contributed by atoms with Crippen LogP contribution in [0.3, 0.4) is 0 Å². The van der Waals surface area contributed by atoms with Gasteiger partial charge in [-0.2, -0.15) is 5.10 Å². The highest BCUT2D eigenvalue weighted by atomic mass is 19.1. The van der Waals surface area contributed by atoms with Gasteiger partial charge in [0.2, 0.25) is 0 Å². The number of carboxylic acid groups (broad SMARTS) is 1. The van der Waals surface area contributed by atoms with Crippen LogP contribution < -0.4 is 0 Å². The van der Waals surface area contributed by atoms with Gasteiger partial charge in [-0.3, -0.25) is 0 Å². The molecule has 26 heavy (non-hydrogen) atoms. The quantitative estimate of drug-likeness (QED) is 0.747. The van der Waals surface area contributed by atoms with Gasteiger partial charge in [-0.15, -0.1) is 0 Å². The van der Waals surface area contributed by atoms with Crippen LogP contribution in [-0.4, -0.2) is 28.0 Å². The van der Waals surface area contributed by atoms with Crippen molar-refractivity contribution in [1.82, 2.24) is 9.78 Å². The van der Waals surface area contributed by atoms with Crippen molar-refractivity contribution in [1.29, 1.82) is 0 Å². The Kier molecular flexibility index (Phi) is 4.77. The zero-order valence-corrected chi connectivity index (χ0v) is 13.5. The largest absolute Gasteiger partial charge is 0.478 e. The van der Waals surface area contributed by atoms with Crippen LogP contribution in [0.25, 0.3) is 22.5 Å². The fraction of sp³-hybridized carbons (Fsp3) is 0.111. The molecule has 1 aromatic heterocycles. The summed E-state index contributed by atoms with van der Waals surface area (Å²) in [5.74, 6) is -3.77. The Balaban J connectivity index is 2.27. The summed E-state index contributed by atoms with van der Waals surface area (Å²) >= 11 is 0. The fourth-order valence-electron chi connectivity index (χ4n) is 2.64. The topological polar surface area (TPSA) is 64.4 Å². The molecule has 0 aliphatic rings. The van der Waals surface area contributed by atoms with Crippen LogP contribution in [-0.2, 0) is 11.5 Å². The molecular weight excluding hydrogens is 349 g/mol. The van der Waals surface area contributed by atoms with Gasteiger partial charge in [0.15, 0.2) is 5.82 Å². The average molecular weight is 362 g/mol. The molecule has 0 aliphatic heterocycles. The monoisotopic (exact) mass is 362 g/mol. The van der Waals surface area contributed by atoms with Crippen molar-refractivity contribution in [3.8, 4) is 22.5 Å². The number of carbonyl (C=O) groups is 1. The zero-order chi connectivity index (χ0) is 18.8. The number of halogens is 3. The van der Waals surface area contributed by atoms with Gasteiger partial charge in [0.25, 0.3) is 0 Å². The van der Waals surface area contributed by atoms with Crippen molar-refractivity contribution in [2.75, 3.05) is 7.11 Å². The highest BCUT2D eigenvalue weighted by molar-refractivity contribution is 5.96. The minimum absolute atomic E-state index is 0.0681. The number of hydrogen-bond acceptors (Lipinski definition) is 3. The molecule has 0 amide bonds. The van der Waals surface area contributed by atoms with E-state index >= 15 is 4.39 Å². The molecule has 3 aromatic rings. The smallest absolute Gasteiger partial charge is 0.336 e. The van der Waals surface area contributed by atoms with Gasteiger partial charge in [0.05, 0.1) is 11.1 Å². The summed E-state index contributed by atoms with van der Waals surface area (Å²) in [6, 6.07) is 8.36. The summed E-state index contributed by atoms with van der Waals surface area (Å²) in [6.45, 7) is -0.166. The minimum atomic E-state index is -1.41. The zero-order valence-electron chi connectivity index (χ0n) is 13.5. The van der Waals surface area contributed by atoms with E-state index in [1.54, 1.807) is 0 Å². The first-order valence-electron chi connectivity index (χ1n) is 7.47. The second kappa shape index (κ2) is 7.01. The highest BCUT2D eigenvalue weighted by Crippen LogP contribution is 2.34. The fourth-order valence-corrected chi connectivity index (χ4v) is 2.64. The molecule has 0 saturated carbocycles. The maximum Gasteiger partial charge on any atom is 0.336 e. The molecule has 0 saturated heterocycles. The third-order valence-corrected chi connectivity index (χ3v) is 3.74. The number of ether oxygens (including phenoxy) is 1. The molecular formula is C18H13F3N2O3. The number of aromatic carboxylic acids is 1. The second-order valence-corrected chi connectivity index (χ2v) is 5.40. The summed E-state index contributed by atoms with van der Waals surface area (Å²) in [5.41, 5.74) is -1.13. The highest BCUT2D eigenvalue weighted by Gasteiger charge is 2.26. The lowest BCUT2D eigenvalue weighted by Gasteiger charge is -2.06. The third-order valence-electron chi connectivity index (χ3n) is 3.74. The molecule has 0 atom stereocenters. The molecule has 3 rings (SSSR count). The van der Waals surface area contributed by atoms with E-state index in [9.17, 15) is 18.7 Å². The Morgan fingerprint density at radius 1 is 1.15 bits per heavy atom. The molecule has 0 aliphatic carbocycles. The first-order chi connectivity index (χ1) is 12.4. The Morgan fingerprint density at radius 2 is 1.85 bits per heavy atom. The van der Waals surface area contributed by atoms with Gasteiger partial charge in [-0.05, 0) is 36.4 Å². The lowest BCUT2D eigenvalue weighted by molar-refractivity contribution is 0.0697. The number of aromatic nitrogens is 2. The van der Waals surface area contributed by atoms with Crippen molar-refractivity contribution < 1.29 is 27.8 Å². The van der Waals surface area contributed by atoms with E-state index in [1.165, 1.54) is 25.3 Å². The van der Waals surface area contributed by atoms with Crippen LogP contribution in [0, 0.1) is 17.5 Å². The van der Waals surface area contributed by atoms with Gasteiger partial charge in [-0.25, -0.2) is 22.6 Å². The molecule has 0 spiro atoms. The van der Waals surface area contributed by atoms with Crippen molar-refractivity contribution in [3.63, 3.8) is 0 Å². The van der Waals surface area contributed by atoms with E-state index in [4.69, 9.17) is 4.74 Å². The van der Waals surface area contributed by atoms with Gasteiger partial charge in [0, 0.05) is 12.7 Å². The summed E-state index contributed by atoms with van der Waals surface area (Å²) in [7, 11) is 1.36. The Hall–Kier alpha value is -3.13. The standard InChI is InChI=1S/C18H13F3N2O3/c1-26-9-23-17(10-5-7-11(19)8-6-10)15(21)16(22-23)14-12(18(24)25)3-2-4-13(14)20/h2-8H,9H2,1H3,(H,24,25). The van der Waals surface area contributed by atoms with Crippen LogP contribution in [0.4, 0.5) is 13.2 Å². The van der Waals surface area contributed by atoms with Crippen molar-refractivity contribution >= 4 is 5.97 Å². The maximum atomic E-state index is 15.1. The van der Waals surface area contributed by atoms with Crippen molar-refractivity contribution in [2.45, 2.75) is 6.73 Å². The van der Waals surface area contributed by atoms with Gasteiger partial charge >= 0.3 is 5.97 Å². The molecule has 0 unspecified atom stereocenters. The predicted molar refractivity (Wildman–Crippen MR) is 86.9 cm³/mol. The SMILES string of the molecule is COCn1nc(-c2c(F)cccc2C(=O)O)c(F)c1-c1ccc(F)cc1. The van der Waals surface area contributed by atoms with Crippen LogP contribution >= 0.6 is 0 Å². The molecule has 1 heterocycles. The number of methoxy groups -OCH3 is 1. The normalized spacial score (nSPS) is 10.9. The van der Waals surface area contributed by atoms with Gasteiger partial charge in [0.1, 0.15) is 29.8 Å². The molecule has 134 valence electrons. The molecule has 2 aromatic carbocycles. The number of benzene rings is 2. The summed E-state index contributed by atoms with van der Waals surface area (Å²) < 4.78 is 48.7. The summed E-state index contributed by atoms with van der Waals surface area (Å²) in [6.07, 6.45) is 0. The second-order valence-electron chi connectivity index (χ2n) is 5.40. The van der Waals surface area contributed by atoms with Crippen LogP contribution in [0.15, 0.2) is 42.5 Å². The van der Waals surface area contributed by atoms with E-state index in [-0.39, 0.29) is 18.0 Å². The van der Waals surface area contributed by atoms with Gasteiger partial charge < -0.3 is 9.84 Å². The Bertz CT molecular complexity index is 969. The van der Waals surface area contributed by atoms with Crippen molar-refractivity contribution in [2.24, 2.45) is 0 Å². The average Bonchev–Trinajstić information content (AvgIpc) is 2.92. The van der Waals surface area contributed by atoms with E-state index in [2.05, 4.69) is 5.10 Å². The van der Waals surface area contributed by atoms with E-state index in [0.717, 1.165) is 28.9 Å². The molecule has 0 radical (unpaired) electrons. The van der Waals surface area contributed by atoms with Gasteiger partial charge in [-0.1, -0.05) is 6.07 Å². The first-order valence-corrected chi connectivity index (χ1v) is 7.47. The number of rotatable bonds is 5. The Labute approximate surface area is 146 Å². The summed E-state index contributed by atoms with van der Waals surface area (Å²) in [4.78, 5) is 11.4. The lowest BCUT2D eigenvalue weighted by atomic mass is 10.0. The van der Waals surface area contributed by atoms with E-state index < -0.39 is 40.2 Å². The lowest BCUT2D eigenvalue weighted by Crippen LogP contribution is -2.05. The summed E-state index contributed by atoms with van der Waals surface area (Å²) in [5, 5.41) is 13.3. The third kappa shape index (κ3) is 3.06. The van der Waals surface area contributed by atoms with E-state index in [0.29, 0.717) is 0 Å². The van der Waals surface area contributed by atoms with Crippen LogP contribution in [0.1, 0.15) is 10.4 Å². The maximum absolute atomic E-state index is 15.1. The van der Waals surface area contributed by atoms with Crippen molar-refractivity contribution in [3.05, 3.63) is 65.5 Å². The molecule has 5 nitrogen and oxygen atoms in total. The first kappa shape index (κ1) is 17.7. The van der Waals surface area contributed by atoms with E-state index in [1.807, 2.05) is 0 Å². The Morgan fingerprint density at radius 3 is 2.46 bits per heavy atom. The number of nitrogens with zero attached hydrogens (tertiary/aromatic N) is 2. The molecule has 8 heteroatoms. The minimum Gasteiger partial charge on any atom is -0.478 e. The molecule has 0 bridgehead atoms. The predicted octanol–water partition coefficient (Wildman–Crippen LogP) is 3.94. The molecule has 1 N–H and O–H groups in total. The molecule has 0 fully saturated rings. The number of hydrogen-bond donors (Lipinski definition) is 1. The van der Waals surface area contributed by atoms with Crippen LogP contribution in [0.5, 0.6) is 0 Å². The van der Waals surface area contributed by atoms with Crippen LogP contribution in [0.2, 0.25) is 0 Å².